The van der Waals surface area contributed by atoms with Gasteiger partial charge in [-0.1, -0.05) is 13.8 Å². The lowest BCUT2D eigenvalue weighted by atomic mass is 10.2. The molecule has 1 aliphatic rings. The first kappa shape index (κ1) is 11.0. The first-order valence-electron chi connectivity index (χ1n) is 5.43. The number of hydrogen-bond donors (Lipinski definition) is 2. The van der Waals surface area contributed by atoms with Crippen molar-refractivity contribution in [3.05, 3.63) is 0 Å². The van der Waals surface area contributed by atoms with E-state index in [-0.39, 0.29) is 0 Å². The fourth-order valence-electron chi connectivity index (χ4n) is 1.69. The van der Waals surface area contributed by atoms with Gasteiger partial charge in [0.1, 0.15) is 0 Å². The van der Waals surface area contributed by atoms with Crippen LogP contribution in [0.2, 0.25) is 0 Å². The Morgan fingerprint density at radius 3 is 1.85 bits per heavy atom. The topological polar surface area (TPSA) is 33.3 Å². The highest BCUT2D eigenvalue weighted by Gasteiger charge is 2.23. The molecule has 1 fully saturated rings. The monoisotopic (exact) mass is 186 g/mol. The van der Waals surface area contributed by atoms with E-state index < -0.39 is 0 Å². The number of hydrogen-bond acceptors (Lipinski definition) is 3. The Balaban J connectivity index is 2.05. The van der Waals surface area contributed by atoms with Gasteiger partial charge in [0.2, 0.25) is 0 Å². The van der Waals surface area contributed by atoms with Crippen LogP contribution in [0.3, 0.4) is 0 Å². The summed E-state index contributed by atoms with van der Waals surface area (Å²) in [7, 11) is 0. The molecule has 0 aromatic carbocycles. The predicted molar refractivity (Wildman–Crippen MR) is 55.0 cm³/mol. The van der Waals surface area contributed by atoms with Crippen molar-refractivity contribution in [1.29, 1.82) is 0 Å². The van der Waals surface area contributed by atoms with Gasteiger partial charge >= 0.3 is 0 Å². The molecule has 2 N–H and O–H groups in total. The van der Waals surface area contributed by atoms with Crippen LogP contribution in [-0.2, 0) is 4.74 Å². The lowest BCUT2D eigenvalue weighted by molar-refractivity contribution is 0.0463. The van der Waals surface area contributed by atoms with Crippen LogP contribution in [0.4, 0.5) is 0 Å². The maximum Gasteiger partial charge on any atom is 0.0704 e. The van der Waals surface area contributed by atoms with Crippen molar-refractivity contribution in [2.75, 3.05) is 26.2 Å². The minimum absolute atomic E-state index is 0.448. The first-order valence-corrected chi connectivity index (χ1v) is 5.43. The van der Waals surface area contributed by atoms with Gasteiger partial charge < -0.3 is 15.4 Å². The maximum atomic E-state index is 5.84. The molecule has 0 spiro atoms. The minimum Gasteiger partial charge on any atom is -0.372 e. The molecule has 1 saturated heterocycles. The van der Waals surface area contributed by atoms with Crippen molar-refractivity contribution >= 4 is 0 Å². The van der Waals surface area contributed by atoms with Crippen LogP contribution in [0.5, 0.6) is 0 Å². The zero-order valence-corrected chi connectivity index (χ0v) is 8.81. The van der Waals surface area contributed by atoms with Crippen molar-refractivity contribution < 1.29 is 4.74 Å². The highest BCUT2D eigenvalue weighted by Crippen LogP contribution is 2.18. The van der Waals surface area contributed by atoms with Crippen LogP contribution >= 0.6 is 0 Å². The van der Waals surface area contributed by atoms with E-state index in [0.717, 1.165) is 26.2 Å². The molecule has 0 aromatic rings. The number of ether oxygens (including phenoxy) is 1. The summed E-state index contributed by atoms with van der Waals surface area (Å²) in [5.74, 6) is 0. The maximum absolute atomic E-state index is 5.84. The van der Waals surface area contributed by atoms with E-state index in [0.29, 0.717) is 12.2 Å². The van der Waals surface area contributed by atoms with E-state index >= 15 is 0 Å². The molecule has 0 unspecified atom stereocenters. The molecule has 0 bridgehead atoms. The predicted octanol–water partition coefficient (Wildman–Crippen LogP) is 0.753. The number of likely N-dealkylation sites (N-methyl/N-ethyl adjacent to an activating group) is 2. The summed E-state index contributed by atoms with van der Waals surface area (Å²) in [4.78, 5) is 0. The Hall–Kier alpha value is -0.120. The first-order chi connectivity index (χ1) is 6.36. The van der Waals surface area contributed by atoms with E-state index in [9.17, 15) is 0 Å². The molecule has 3 heteroatoms. The number of nitrogens with one attached hydrogen (secondary N) is 2. The third-order valence-electron chi connectivity index (χ3n) is 2.44. The Labute approximate surface area is 81.2 Å². The standard InChI is InChI=1S/C10H22N2O/c1-3-11-7-9-5-6-10(13-9)8-12-4-2/h9-12H,3-8H2,1-2H3/t9-,10-/m0/s1. The third-order valence-corrected chi connectivity index (χ3v) is 2.44. The van der Waals surface area contributed by atoms with E-state index in [1.54, 1.807) is 0 Å². The molecular formula is C10H22N2O. The summed E-state index contributed by atoms with van der Waals surface area (Å²) >= 11 is 0. The fourth-order valence-corrected chi connectivity index (χ4v) is 1.69. The molecule has 0 aromatic heterocycles. The summed E-state index contributed by atoms with van der Waals surface area (Å²) in [6.07, 6.45) is 3.32. The average Bonchev–Trinajstić information content (AvgIpc) is 2.59. The summed E-state index contributed by atoms with van der Waals surface area (Å²) < 4.78 is 5.84. The van der Waals surface area contributed by atoms with E-state index in [2.05, 4.69) is 24.5 Å². The Morgan fingerprint density at radius 1 is 1.00 bits per heavy atom. The molecule has 1 aliphatic heterocycles. The normalized spacial score (nSPS) is 28.2. The van der Waals surface area contributed by atoms with E-state index in [1.165, 1.54) is 12.8 Å². The van der Waals surface area contributed by atoms with Gasteiger partial charge in [0.05, 0.1) is 12.2 Å². The smallest absolute Gasteiger partial charge is 0.0704 e. The quantitative estimate of drug-likeness (QED) is 0.642. The van der Waals surface area contributed by atoms with Crippen LogP contribution in [0.1, 0.15) is 26.7 Å². The van der Waals surface area contributed by atoms with Crippen LogP contribution in [0.25, 0.3) is 0 Å². The van der Waals surface area contributed by atoms with Crippen molar-refractivity contribution in [3.63, 3.8) is 0 Å². The fraction of sp³-hybridized carbons (Fsp3) is 1.00. The SMILES string of the molecule is CCNC[C@@H]1CC[C@@H](CNCC)O1. The second-order valence-corrected chi connectivity index (χ2v) is 3.57. The number of rotatable bonds is 6. The Kier molecular flexibility index (Phi) is 5.35. The molecule has 1 heterocycles. The molecule has 0 aliphatic carbocycles. The zero-order chi connectivity index (χ0) is 9.52. The molecule has 0 amide bonds. The second-order valence-electron chi connectivity index (χ2n) is 3.57. The van der Waals surface area contributed by atoms with Crippen molar-refractivity contribution in [2.45, 2.75) is 38.9 Å². The van der Waals surface area contributed by atoms with Crippen LogP contribution < -0.4 is 10.6 Å². The summed E-state index contributed by atoms with van der Waals surface area (Å²) in [5.41, 5.74) is 0. The minimum atomic E-state index is 0.448. The highest BCUT2D eigenvalue weighted by molar-refractivity contribution is 4.76. The van der Waals surface area contributed by atoms with Gasteiger partial charge in [-0.15, -0.1) is 0 Å². The van der Waals surface area contributed by atoms with E-state index in [4.69, 9.17) is 4.74 Å². The van der Waals surface area contributed by atoms with E-state index in [1.807, 2.05) is 0 Å². The Morgan fingerprint density at radius 2 is 1.46 bits per heavy atom. The van der Waals surface area contributed by atoms with Crippen LogP contribution in [-0.4, -0.2) is 38.4 Å². The molecule has 13 heavy (non-hydrogen) atoms. The summed E-state index contributed by atoms with van der Waals surface area (Å²) in [6, 6.07) is 0. The Bertz CT molecular complexity index is 116. The molecule has 2 atom stereocenters. The van der Waals surface area contributed by atoms with Crippen LogP contribution in [0, 0.1) is 0 Å². The molecular weight excluding hydrogens is 164 g/mol. The highest BCUT2D eigenvalue weighted by atomic mass is 16.5. The van der Waals surface area contributed by atoms with Gasteiger partial charge in [-0.3, -0.25) is 0 Å². The van der Waals surface area contributed by atoms with Gasteiger partial charge in [0.25, 0.3) is 0 Å². The zero-order valence-electron chi connectivity index (χ0n) is 8.81. The lowest BCUT2D eigenvalue weighted by Gasteiger charge is -2.13. The third kappa shape index (κ3) is 4.07. The van der Waals surface area contributed by atoms with Gasteiger partial charge in [-0.25, -0.2) is 0 Å². The van der Waals surface area contributed by atoms with Gasteiger partial charge in [0, 0.05) is 13.1 Å². The molecule has 3 nitrogen and oxygen atoms in total. The van der Waals surface area contributed by atoms with Crippen molar-refractivity contribution in [2.24, 2.45) is 0 Å². The molecule has 0 radical (unpaired) electrons. The lowest BCUT2D eigenvalue weighted by Crippen LogP contribution is -2.30. The van der Waals surface area contributed by atoms with Crippen molar-refractivity contribution in [1.82, 2.24) is 10.6 Å². The molecule has 1 rings (SSSR count). The molecule has 0 saturated carbocycles. The summed E-state index contributed by atoms with van der Waals surface area (Å²) in [6.45, 7) is 8.36. The average molecular weight is 186 g/mol. The summed E-state index contributed by atoms with van der Waals surface area (Å²) in [5, 5.41) is 6.64. The largest absolute Gasteiger partial charge is 0.372 e. The van der Waals surface area contributed by atoms with Crippen molar-refractivity contribution in [3.8, 4) is 0 Å². The molecule has 78 valence electrons. The van der Waals surface area contributed by atoms with Gasteiger partial charge in [-0.2, -0.15) is 0 Å². The van der Waals surface area contributed by atoms with Gasteiger partial charge in [0.15, 0.2) is 0 Å². The van der Waals surface area contributed by atoms with Crippen LogP contribution in [0.15, 0.2) is 0 Å². The van der Waals surface area contributed by atoms with Gasteiger partial charge in [-0.05, 0) is 25.9 Å². The second kappa shape index (κ2) is 6.35.